The van der Waals surface area contributed by atoms with Gasteiger partial charge in [0.05, 0.1) is 18.5 Å². The van der Waals surface area contributed by atoms with Gasteiger partial charge in [0.1, 0.15) is 11.6 Å². The molecule has 0 aliphatic carbocycles. The number of rotatable bonds is 4. The average Bonchev–Trinajstić information content (AvgIpc) is 2.25. The molecule has 1 rings (SSSR count). The minimum absolute atomic E-state index is 0.0521. The quantitative estimate of drug-likeness (QED) is 0.888. The molecule has 6 heteroatoms. The minimum Gasteiger partial charge on any atom is -0.497 e. The number of halogens is 1. The first-order chi connectivity index (χ1) is 7.77. The van der Waals surface area contributed by atoms with Gasteiger partial charge in [0.2, 0.25) is 0 Å². The number of hydrogen-bond acceptors (Lipinski definition) is 4. The van der Waals surface area contributed by atoms with Gasteiger partial charge in [-0.1, -0.05) is 0 Å². The first kappa shape index (κ1) is 13.9. The highest BCUT2D eigenvalue weighted by molar-refractivity contribution is 7.91. The number of aliphatic hydroxyl groups is 1. The third-order valence-electron chi connectivity index (χ3n) is 2.65. The molecule has 4 nitrogen and oxygen atoms in total. The van der Waals surface area contributed by atoms with Crippen molar-refractivity contribution in [2.24, 2.45) is 0 Å². The molecule has 0 spiro atoms. The number of sulfone groups is 1. The highest BCUT2D eigenvalue weighted by Crippen LogP contribution is 2.26. The zero-order valence-electron chi connectivity index (χ0n) is 9.84. The lowest BCUT2D eigenvalue weighted by molar-refractivity contribution is 0.171. The van der Waals surface area contributed by atoms with Gasteiger partial charge in [-0.25, -0.2) is 12.8 Å². The van der Waals surface area contributed by atoms with Gasteiger partial charge in [0.25, 0.3) is 0 Å². The molecule has 0 heterocycles. The molecule has 0 aromatic heterocycles. The first-order valence-electron chi connectivity index (χ1n) is 4.97. The van der Waals surface area contributed by atoms with E-state index in [4.69, 9.17) is 4.74 Å². The molecule has 2 unspecified atom stereocenters. The van der Waals surface area contributed by atoms with Gasteiger partial charge in [-0.2, -0.15) is 0 Å². The van der Waals surface area contributed by atoms with Crippen LogP contribution in [0.3, 0.4) is 0 Å². The van der Waals surface area contributed by atoms with Crippen LogP contribution in [0.25, 0.3) is 0 Å². The van der Waals surface area contributed by atoms with E-state index in [-0.39, 0.29) is 5.56 Å². The lowest BCUT2D eigenvalue weighted by Gasteiger charge is -2.18. The smallest absolute Gasteiger partial charge is 0.152 e. The third kappa shape index (κ3) is 3.17. The van der Waals surface area contributed by atoms with E-state index in [0.717, 1.165) is 12.3 Å². The number of benzene rings is 1. The Morgan fingerprint density at radius 2 is 2.00 bits per heavy atom. The molecule has 0 aliphatic heterocycles. The van der Waals surface area contributed by atoms with Crippen LogP contribution in [0.15, 0.2) is 18.2 Å². The molecule has 0 fully saturated rings. The fourth-order valence-corrected chi connectivity index (χ4v) is 1.98. The lowest BCUT2D eigenvalue weighted by atomic mass is 10.1. The van der Waals surface area contributed by atoms with E-state index in [1.165, 1.54) is 26.2 Å². The Kier molecular flexibility index (Phi) is 4.11. The summed E-state index contributed by atoms with van der Waals surface area (Å²) in [5.41, 5.74) is -0.0521. The van der Waals surface area contributed by atoms with E-state index >= 15 is 0 Å². The van der Waals surface area contributed by atoms with Crippen LogP contribution >= 0.6 is 0 Å². The predicted molar refractivity (Wildman–Crippen MR) is 62.2 cm³/mol. The monoisotopic (exact) mass is 262 g/mol. The Morgan fingerprint density at radius 1 is 1.41 bits per heavy atom. The van der Waals surface area contributed by atoms with E-state index in [2.05, 4.69) is 0 Å². The molecule has 17 heavy (non-hydrogen) atoms. The Balaban J connectivity index is 3.09. The van der Waals surface area contributed by atoms with E-state index < -0.39 is 27.0 Å². The Bertz CT molecular complexity index is 498. The van der Waals surface area contributed by atoms with Crippen molar-refractivity contribution in [3.63, 3.8) is 0 Å². The number of aliphatic hydroxyl groups excluding tert-OH is 1. The van der Waals surface area contributed by atoms with Crippen LogP contribution in [0, 0.1) is 5.82 Å². The first-order valence-corrected chi connectivity index (χ1v) is 6.93. The summed E-state index contributed by atoms with van der Waals surface area (Å²) in [6.45, 7) is 1.34. The largest absolute Gasteiger partial charge is 0.497 e. The van der Waals surface area contributed by atoms with Crippen LogP contribution in [0.2, 0.25) is 0 Å². The molecular weight excluding hydrogens is 247 g/mol. The minimum atomic E-state index is -3.43. The number of methoxy groups -OCH3 is 1. The van der Waals surface area contributed by atoms with Gasteiger partial charge in [0.15, 0.2) is 9.84 Å². The zero-order valence-corrected chi connectivity index (χ0v) is 10.7. The molecule has 0 amide bonds. The van der Waals surface area contributed by atoms with Crippen molar-refractivity contribution in [3.05, 3.63) is 29.6 Å². The SMILES string of the molecule is COc1ccc(C(O)C(C)S(C)(=O)=O)c(F)c1. The maximum atomic E-state index is 13.6. The van der Waals surface area contributed by atoms with Crippen LogP contribution in [0.4, 0.5) is 4.39 Å². The second-order valence-corrected chi connectivity index (χ2v) is 6.27. The molecule has 1 aromatic rings. The normalized spacial score (nSPS) is 15.4. The van der Waals surface area contributed by atoms with Crippen LogP contribution in [-0.4, -0.2) is 32.1 Å². The maximum absolute atomic E-state index is 13.6. The summed E-state index contributed by atoms with van der Waals surface area (Å²) in [4.78, 5) is 0. The van der Waals surface area contributed by atoms with E-state index in [0.29, 0.717) is 5.75 Å². The fraction of sp³-hybridized carbons (Fsp3) is 0.455. The van der Waals surface area contributed by atoms with Crippen LogP contribution in [0.1, 0.15) is 18.6 Å². The highest BCUT2D eigenvalue weighted by Gasteiger charge is 2.27. The van der Waals surface area contributed by atoms with Gasteiger partial charge in [-0.05, 0) is 19.1 Å². The van der Waals surface area contributed by atoms with Crippen LogP contribution in [0.5, 0.6) is 5.75 Å². The molecule has 0 radical (unpaired) electrons. The van der Waals surface area contributed by atoms with Gasteiger partial charge in [0, 0.05) is 17.9 Å². The maximum Gasteiger partial charge on any atom is 0.152 e. The fourth-order valence-electron chi connectivity index (χ4n) is 1.36. The van der Waals surface area contributed by atoms with E-state index in [9.17, 15) is 17.9 Å². The molecule has 0 aliphatic rings. The number of ether oxygens (including phenoxy) is 1. The Labute approximate surface area is 100.0 Å². The summed E-state index contributed by atoms with van der Waals surface area (Å²) in [6.07, 6.45) is -0.390. The van der Waals surface area contributed by atoms with Gasteiger partial charge in [-0.15, -0.1) is 0 Å². The standard InChI is InChI=1S/C11H15FO4S/c1-7(17(3,14)15)11(13)9-5-4-8(16-2)6-10(9)12/h4-7,11,13H,1-3H3. The van der Waals surface area contributed by atoms with Crippen molar-refractivity contribution >= 4 is 9.84 Å². The summed E-state index contributed by atoms with van der Waals surface area (Å²) in [6, 6.07) is 3.89. The topological polar surface area (TPSA) is 63.6 Å². The van der Waals surface area contributed by atoms with Gasteiger partial charge >= 0.3 is 0 Å². The summed E-state index contributed by atoms with van der Waals surface area (Å²) in [5, 5.41) is 8.74. The van der Waals surface area contributed by atoms with Crippen molar-refractivity contribution < 1.29 is 22.7 Å². The highest BCUT2D eigenvalue weighted by atomic mass is 32.2. The third-order valence-corrected chi connectivity index (χ3v) is 4.25. The lowest BCUT2D eigenvalue weighted by Crippen LogP contribution is -2.25. The van der Waals surface area contributed by atoms with Crippen LogP contribution in [-0.2, 0) is 9.84 Å². The zero-order chi connectivity index (χ0) is 13.2. The molecule has 1 N–H and O–H groups in total. The Hall–Kier alpha value is -1.14. The second-order valence-electron chi connectivity index (χ2n) is 3.87. The summed E-state index contributed by atoms with van der Waals surface area (Å²) in [5.74, 6) is -0.377. The second kappa shape index (κ2) is 5.01. The molecule has 2 atom stereocenters. The van der Waals surface area contributed by atoms with Crippen molar-refractivity contribution in [3.8, 4) is 5.75 Å². The molecule has 0 saturated heterocycles. The van der Waals surface area contributed by atoms with Crippen molar-refractivity contribution in [1.29, 1.82) is 0 Å². The molecule has 0 saturated carbocycles. The van der Waals surface area contributed by atoms with Gasteiger partial charge in [-0.3, -0.25) is 0 Å². The van der Waals surface area contributed by atoms with Crippen molar-refractivity contribution in [2.45, 2.75) is 18.3 Å². The molecule has 1 aromatic carbocycles. The van der Waals surface area contributed by atoms with Gasteiger partial charge < -0.3 is 9.84 Å². The summed E-state index contributed by atoms with van der Waals surface area (Å²) < 4.78 is 41.0. The molecule has 96 valence electrons. The predicted octanol–water partition coefficient (Wildman–Crippen LogP) is 1.30. The van der Waals surface area contributed by atoms with E-state index in [1.807, 2.05) is 0 Å². The van der Waals surface area contributed by atoms with E-state index in [1.54, 1.807) is 0 Å². The average molecular weight is 262 g/mol. The number of hydrogen-bond donors (Lipinski definition) is 1. The molecular formula is C11H15FO4S. The van der Waals surface area contributed by atoms with Crippen molar-refractivity contribution in [2.75, 3.05) is 13.4 Å². The summed E-state index contributed by atoms with van der Waals surface area (Å²) >= 11 is 0. The van der Waals surface area contributed by atoms with Crippen LogP contribution < -0.4 is 4.74 Å². The molecule has 0 bridgehead atoms. The van der Waals surface area contributed by atoms with Crippen molar-refractivity contribution in [1.82, 2.24) is 0 Å². The summed E-state index contributed by atoms with van der Waals surface area (Å²) in [7, 11) is -2.04. The Morgan fingerprint density at radius 3 is 2.41 bits per heavy atom.